The van der Waals surface area contributed by atoms with Gasteiger partial charge in [0.15, 0.2) is 0 Å². The van der Waals surface area contributed by atoms with Crippen molar-refractivity contribution in [1.82, 2.24) is 5.32 Å². The van der Waals surface area contributed by atoms with Crippen LogP contribution in [0.5, 0.6) is 5.75 Å². The zero-order valence-corrected chi connectivity index (χ0v) is 17.2. The average Bonchev–Trinajstić information content (AvgIpc) is 2.78. The summed E-state index contributed by atoms with van der Waals surface area (Å²) in [5.74, 6) is -0.379. The Morgan fingerprint density at radius 3 is 2.61 bits per heavy atom. The molecule has 1 atom stereocenters. The second-order valence-corrected chi connectivity index (χ2v) is 7.64. The van der Waals surface area contributed by atoms with Crippen molar-refractivity contribution < 1.29 is 18.7 Å². The number of hydrogen-bond acceptors (Lipinski definition) is 3. The van der Waals surface area contributed by atoms with Crippen LogP contribution in [0.3, 0.4) is 0 Å². The van der Waals surface area contributed by atoms with E-state index in [4.69, 9.17) is 4.74 Å². The van der Waals surface area contributed by atoms with Crippen molar-refractivity contribution in [2.24, 2.45) is 5.92 Å². The SMILES string of the molecule is Cc1ccccc1CNC(=O)C1COc2ccc(NC(=O)c3ccc(F)cc3)cc2C1. The van der Waals surface area contributed by atoms with Crippen LogP contribution in [0.2, 0.25) is 0 Å². The Morgan fingerprint density at radius 1 is 1.06 bits per heavy atom. The first kappa shape index (κ1) is 20.6. The summed E-state index contributed by atoms with van der Waals surface area (Å²) >= 11 is 0. The minimum atomic E-state index is -0.394. The number of carbonyl (C=O) groups excluding carboxylic acids is 2. The third kappa shape index (κ3) is 4.91. The van der Waals surface area contributed by atoms with Gasteiger partial charge < -0.3 is 15.4 Å². The molecule has 1 aliphatic rings. The molecule has 0 saturated heterocycles. The molecule has 3 aromatic carbocycles. The van der Waals surface area contributed by atoms with Crippen LogP contribution in [0, 0.1) is 18.7 Å². The van der Waals surface area contributed by atoms with Crippen molar-refractivity contribution in [3.05, 3.63) is 94.8 Å². The van der Waals surface area contributed by atoms with Gasteiger partial charge in [-0.15, -0.1) is 0 Å². The highest BCUT2D eigenvalue weighted by molar-refractivity contribution is 6.04. The summed E-state index contributed by atoms with van der Waals surface area (Å²) in [5, 5.41) is 5.80. The van der Waals surface area contributed by atoms with E-state index in [0.29, 0.717) is 36.6 Å². The second kappa shape index (κ2) is 9.00. The van der Waals surface area contributed by atoms with E-state index in [9.17, 15) is 14.0 Å². The number of halogens is 1. The Hall–Kier alpha value is -3.67. The molecule has 0 fully saturated rings. The molecule has 5 nitrogen and oxygen atoms in total. The predicted molar refractivity (Wildman–Crippen MR) is 117 cm³/mol. The number of hydrogen-bond donors (Lipinski definition) is 2. The molecule has 1 heterocycles. The quantitative estimate of drug-likeness (QED) is 0.651. The van der Waals surface area contributed by atoms with E-state index < -0.39 is 5.82 Å². The highest BCUT2D eigenvalue weighted by Crippen LogP contribution is 2.30. The van der Waals surface area contributed by atoms with Crippen LogP contribution >= 0.6 is 0 Å². The zero-order chi connectivity index (χ0) is 21.8. The van der Waals surface area contributed by atoms with Crippen LogP contribution in [0.1, 0.15) is 27.0 Å². The molecule has 6 heteroatoms. The molecule has 158 valence electrons. The van der Waals surface area contributed by atoms with E-state index in [1.54, 1.807) is 12.1 Å². The van der Waals surface area contributed by atoms with Crippen molar-refractivity contribution in [3.8, 4) is 5.75 Å². The van der Waals surface area contributed by atoms with E-state index >= 15 is 0 Å². The molecule has 31 heavy (non-hydrogen) atoms. The van der Waals surface area contributed by atoms with Gasteiger partial charge in [0.25, 0.3) is 5.91 Å². The van der Waals surface area contributed by atoms with Gasteiger partial charge in [-0.1, -0.05) is 24.3 Å². The fourth-order valence-electron chi connectivity index (χ4n) is 3.58. The molecule has 0 radical (unpaired) electrons. The van der Waals surface area contributed by atoms with Gasteiger partial charge in [-0.25, -0.2) is 4.39 Å². The molecular formula is C25H23FN2O3. The Kier molecular flexibility index (Phi) is 5.98. The van der Waals surface area contributed by atoms with Gasteiger partial charge in [0.2, 0.25) is 5.91 Å². The van der Waals surface area contributed by atoms with Crippen LogP contribution in [0.15, 0.2) is 66.7 Å². The number of aryl methyl sites for hydroxylation is 1. The lowest BCUT2D eigenvalue weighted by molar-refractivity contribution is -0.126. The van der Waals surface area contributed by atoms with E-state index in [0.717, 1.165) is 16.7 Å². The number of anilines is 1. The molecule has 2 amide bonds. The van der Waals surface area contributed by atoms with E-state index in [2.05, 4.69) is 10.6 Å². The highest BCUT2D eigenvalue weighted by atomic mass is 19.1. The molecule has 0 saturated carbocycles. The van der Waals surface area contributed by atoms with Crippen LogP contribution in [0.25, 0.3) is 0 Å². The Bertz CT molecular complexity index is 1110. The summed E-state index contributed by atoms with van der Waals surface area (Å²) in [6.07, 6.45) is 0.523. The number of nitrogens with one attached hydrogen (secondary N) is 2. The lowest BCUT2D eigenvalue weighted by atomic mass is 9.95. The standard InChI is InChI=1S/C25H23FN2O3/c1-16-4-2-3-5-18(16)14-27-24(29)20-12-19-13-22(10-11-23(19)31-15-20)28-25(30)17-6-8-21(26)9-7-17/h2-11,13,20H,12,14-15H2,1H3,(H,27,29)(H,28,30). The number of amides is 2. The average molecular weight is 418 g/mol. The number of benzene rings is 3. The summed E-state index contributed by atoms with van der Waals surface area (Å²) < 4.78 is 18.8. The van der Waals surface area contributed by atoms with Crippen molar-refractivity contribution in [2.75, 3.05) is 11.9 Å². The predicted octanol–water partition coefficient (Wildman–Crippen LogP) is 4.25. The van der Waals surface area contributed by atoms with Crippen LogP contribution in [-0.2, 0) is 17.8 Å². The Morgan fingerprint density at radius 2 is 1.84 bits per heavy atom. The van der Waals surface area contributed by atoms with Gasteiger partial charge in [-0.3, -0.25) is 9.59 Å². The lowest BCUT2D eigenvalue weighted by Gasteiger charge is -2.25. The number of rotatable bonds is 5. The summed E-state index contributed by atoms with van der Waals surface area (Å²) in [7, 11) is 0. The van der Waals surface area contributed by atoms with Gasteiger partial charge in [-0.2, -0.15) is 0 Å². The molecule has 2 N–H and O–H groups in total. The fourth-order valence-corrected chi connectivity index (χ4v) is 3.58. The van der Waals surface area contributed by atoms with Crippen molar-refractivity contribution in [1.29, 1.82) is 0 Å². The monoisotopic (exact) mass is 418 g/mol. The second-order valence-electron chi connectivity index (χ2n) is 7.64. The number of carbonyl (C=O) groups is 2. The lowest BCUT2D eigenvalue weighted by Crippen LogP contribution is -2.37. The molecule has 4 rings (SSSR count). The summed E-state index contributed by atoms with van der Waals surface area (Å²) in [5.41, 5.74) is 4.04. The Balaban J connectivity index is 1.40. The van der Waals surface area contributed by atoms with E-state index in [-0.39, 0.29) is 17.7 Å². The summed E-state index contributed by atoms with van der Waals surface area (Å²) in [6.45, 7) is 2.81. The van der Waals surface area contributed by atoms with Crippen molar-refractivity contribution >= 4 is 17.5 Å². The molecule has 0 aliphatic carbocycles. The van der Waals surface area contributed by atoms with Crippen LogP contribution < -0.4 is 15.4 Å². The maximum Gasteiger partial charge on any atom is 0.255 e. The third-order valence-corrected chi connectivity index (χ3v) is 5.42. The van der Waals surface area contributed by atoms with Crippen molar-refractivity contribution in [2.45, 2.75) is 19.9 Å². The van der Waals surface area contributed by atoms with Gasteiger partial charge in [0.1, 0.15) is 18.2 Å². The topological polar surface area (TPSA) is 67.4 Å². The molecule has 0 aromatic heterocycles. The maximum absolute atomic E-state index is 13.1. The number of fused-ring (bicyclic) bond motifs is 1. The largest absolute Gasteiger partial charge is 0.492 e. The number of ether oxygens (including phenoxy) is 1. The van der Waals surface area contributed by atoms with Gasteiger partial charge >= 0.3 is 0 Å². The molecule has 3 aromatic rings. The molecular weight excluding hydrogens is 395 g/mol. The molecule has 0 spiro atoms. The fraction of sp³-hybridized carbons (Fsp3) is 0.200. The third-order valence-electron chi connectivity index (χ3n) is 5.42. The smallest absolute Gasteiger partial charge is 0.255 e. The molecule has 1 unspecified atom stereocenters. The summed E-state index contributed by atoms with van der Waals surface area (Å²) in [4.78, 5) is 25.1. The van der Waals surface area contributed by atoms with Crippen LogP contribution in [0.4, 0.5) is 10.1 Å². The minimum Gasteiger partial charge on any atom is -0.492 e. The van der Waals surface area contributed by atoms with Gasteiger partial charge in [0.05, 0.1) is 5.92 Å². The van der Waals surface area contributed by atoms with Gasteiger partial charge in [-0.05, 0) is 72.5 Å². The van der Waals surface area contributed by atoms with E-state index in [1.807, 2.05) is 37.3 Å². The van der Waals surface area contributed by atoms with Crippen molar-refractivity contribution in [3.63, 3.8) is 0 Å². The summed E-state index contributed by atoms with van der Waals surface area (Å²) in [6, 6.07) is 18.7. The minimum absolute atomic E-state index is 0.0605. The van der Waals surface area contributed by atoms with Gasteiger partial charge in [0, 0.05) is 17.8 Å². The normalized spacial score (nSPS) is 14.8. The first-order chi connectivity index (χ1) is 15.0. The molecule has 0 bridgehead atoms. The zero-order valence-electron chi connectivity index (χ0n) is 17.2. The molecule has 1 aliphatic heterocycles. The Labute approximate surface area is 180 Å². The maximum atomic E-state index is 13.1. The first-order valence-corrected chi connectivity index (χ1v) is 10.1. The highest BCUT2D eigenvalue weighted by Gasteiger charge is 2.26. The first-order valence-electron chi connectivity index (χ1n) is 10.1. The van der Waals surface area contributed by atoms with E-state index in [1.165, 1.54) is 24.3 Å². The van der Waals surface area contributed by atoms with Crippen LogP contribution in [-0.4, -0.2) is 18.4 Å².